The van der Waals surface area contributed by atoms with Crippen LogP contribution in [0.4, 0.5) is 8.78 Å². The highest BCUT2D eigenvalue weighted by molar-refractivity contribution is 7.09. The molecule has 1 atom stereocenters. The van der Waals surface area contributed by atoms with E-state index in [1.54, 1.807) is 16.2 Å². The quantitative estimate of drug-likeness (QED) is 0.945. The van der Waals surface area contributed by atoms with Crippen molar-refractivity contribution in [1.29, 1.82) is 0 Å². The predicted octanol–water partition coefficient (Wildman–Crippen LogP) is 2.90. The second-order valence-corrected chi connectivity index (χ2v) is 5.59. The lowest BCUT2D eigenvalue weighted by molar-refractivity contribution is 0.324. The van der Waals surface area contributed by atoms with Gasteiger partial charge in [0.2, 0.25) is 0 Å². The molecule has 6 heteroatoms. The van der Waals surface area contributed by atoms with Crippen molar-refractivity contribution in [3.63, 3.8) is 0 Å². The Hall–Kier alpha value is -1.95. The topological polar surface area (TPSA) is 41.6 Å². The first-order valence-corrected chi connectivity index (χ1v) is 7.07. The first kappa shape index (κ1) is 13.1. The van der Waals surface area contributed by atoms with Gasteiger partial charge >= 0.3 is 0 Å². The monoisotopic (exact) mass is 293 g/mol. The third kappa shape index (κ3) is 2.27. The minimum absolute atomic E-state index is 0.0354. The zero-order chi connectivity index (χ0) is 14.1. The van der Waals surface area contributed by atoms with E-state index >= 15 is 0 Å². The van der Waals surface area contributed by atoms with Gasteiger partial charge in [-0.1, -0.05) is 12.1 Å². The predicted molar refractivity (Wildman–Crippen MR) is 75.5 cm³/mol. The normalized spacial score (nSPS) is 18.4. The average molecular weight is 293 g/mol. The number of hydrogen-bond acceptors (Lipinski definition) is 4. The molecule has 1 aromatic heterocycles. The molecule has 0 radical (unpaired) electrons. The van der Waals surface area contributed by atoms with Gasteiger partial charge in [0.15, 0.2) is 5.96 Å². The standard InChI is InChI=1S/C14H13F2N3S/c15-10-4-1-5-11(16)13(10)12-7-18-14(17)19(12)8-9-3-2-6-20-9/h1-6,12H,7-8H2,(H2,17,18). The molecule has 3 nitrogen and oxygen atoms in total. The Morgan fingerprint density at radius 3 is 2.65 bits per heavy atom. The highest BCUT2D eigenvalue weighted by Gasteiger charge is 2.31. The molecule has 0 saturated carbocycles. The smallest absolute Gasteiger partial charge is 0.192 e. The van der Waals surface area contributed by atoms with Crippen molar-refractivity contribution in [3.8, 4) is 0 Å². The van der Waals surface area contributed by atoms with E-state index in [-0.39, 0.29) is 12.1 Å². The second kappa shape index (κ2) is 5.20. The third-order valence-corrected chi connectivity index (χ3v) is 4.20. The summed E-state index contributed by atoms with van der Waals surface area (Å²) < 4.78 is 27.9. The lowest BCUT2D eigenvalue weighted by Gasteiger charge is -2.26. The number of rotatable bonds is 3. The van der Waals surface area contributed by atoms with Gasteiger partial charge in [0.1, 0.15) is 11.6 Å². The Bertz CT molecular complexity index is 620. The fourth-order valence-corrected chi connectivity index (χ4v) is 3.07. The molecule has 1 aliphatic rings. The maximum atomic E-state index is 13.9. The van der Waals surface area contributed by atoms with Gasteiger partial charge in [-0.3, -0.25) is 4.99 Å². The summed E-state index contributed by atoms with van der Waals surface area (Å²) in [6.07, 6.45) is 0. The van der Waals surface area contributed by atoms with E-state index in [1.165, 1.54) is 18.2 Å². The SMILES string of the molecule is NC1=NCC(c2c(F)cccc2F)N1Cc1cccs1. The van der Waals surface area contributed by atoms with Crippen LogP contribution in [0.3, 0.4) is 0 Å². The Balaban J connectivity index is 1.93. The van der Waals surface area contributed by atoms with Crippen molar-refractivity contribution in [2.24, 2.45) is 10.7 Å². The molecule has 1 unspecified atom stereocenters. The molecule has 0 fully saturated rings. The maximum Gasteiger partial charge on any atom is 0.192 e. The van der Waals surface area contributed by atoms with Gasteiger partial charge in [-0.05, 0) is 23.6 Å². The van der Waals surface area contributed by atoms with Gasteiger partial charge in [-0.25, -0.2) is 8.78 Å². The van der Waals surface area contributed by atoms with Crippen LogP contribution in [-0.2, 0) is 6.54 Å². The molecule has 2 aromatic rings. The number of nitrogens with two attached hydrogens (primary N) is 1. The molecule has 0 spiro atoms. The van der Waals surface area contributed by atoms with Crippen LogP contribution in [0.25, 0.3) is 0 Å². The van der Waals surface area contributed by atoms with Crippen molar-refractivity contribution in [3.05, 3.63) is 57.8 Å². The van der Waals surface area contributed by atoms with E-state index in [0.29, 0.717) is 12.5 Å². The summed E-state index contributed by atoms with van der Waals surface area (Å²) in [6, 6.07) is 7.29. The number of guanidine groups is 1. The lowest BCUT2D eigenvalue weighted by atomic mass is 10.0. The number of nitrogens with zero attached hydrogens (tertiary/aromatic N) is 2. The molecule has 3 rings (SSSR count). The fourth-order valence-electron chi connectivity index (χ4n) is 2.37. The summed E-state index contributed by atoms with van der Waals surface area (Å²) in [7, 11) is 0. The van der Waals surface area contributed by atoms with Gasteiger partial charge in [0.25, 0.3) is 0 Å². The molecule has 0 aliphatic carbocycles. The van der Waals surface area contributed by atoms with Crippen molar-refractivity contribution in [1.82, 2.24) is 4.90 Å². The van der Waals surface area contributed by atoms with E-state index in [2.05, 4.69) is 4.99 Å². The van der Waals surface area contributed by atoms with Crippen LogP contribution in [0.2, 0.25) is 0 Å². The minimum atomic E-state index is -0.559. The summed E-state index contributed by atoms with van der Waals surface area (Å²) in [5.74, 6) is -0.793. The van der Waals surface area contributed by atoms with Crippen molar-refractivity contribution in [2.45, 2.75) is 12.6 Å². The van der Waals surface area contributed by atoms with Crippen molar-refractivity contribution < 1.29 is 8.78 Å². The largest absolute Gasteiger partial charge is 0.370 e. The zero-order valence-electron chi connectivity index (χ0n) is 10.6. The van der Waals surface area contributed by atoms with E-state index in [4.69, 9.17) is 5.73 Å². The van der Waals surface area contributed by atoms with E-state index in [1.807, 2.05) is 17.5 Å². The van der Waals surface area contributed by atoms with Crippen molar-refractivity contribution >= 4 is 17.3 Å². The van der Waals surface area contributed by atoms with E-state index in [0.717, 1.165) is 4.88 Å². The first-order chi connectivity index (χ1) is 9.66. The molecule has 2 heterocycles. The lowest BCUT2D eigenvalue weighted by Crippen LogP contribution is -2.36. The number of benzene rings is 1. The number of aliphatic imine (C=N–C) groups is 1. The average Bonchev–Trinajstić information content (AvgIpc) is 3.03. The summed E-state index contributed by atoms with van der Waals surface area (Å²) >= 11 is 1.58. The first-order valence-electron chi connectivity index (χ1n) is 6.19. The van der Waals surface area contributed by atoms with Crippen LogP contribution >= 0.6 is 11.3 Å². The molecule has 2 N–H and O–H groups in total. The Morgan fingerprint density at radius 1 is 1.25 bits per heavy atom. The molecule has 0 amide bonds. The van der Waals surface area contributed by atoms with Crippen LogP contribution < -0.4 is 5.73 Å². The molecule has 0 saturated heterocycles. The Kier molecular flexibility index (Phi) is 3.40. The van der Waals surface area contributed by atoms with Crippen LogP contribution in [0.5, 0.6) is 0 Å². The van der Waals surface area contributed by atoms with Crippen molar-refractivity contribution in [2.75, 3.05) is 6.54 Å². The molecular formula is C14H13F2N3S. The maximum absolute atomic E-state index is 13.9. The fraction of sp³-hybridized carbons (Fsp3) is 0.214. The van der Waals surface area contributed by atoms with Gasteiger partial charge in [-0.15, -0.1) is 11.3 Å². The molecule has 20 heavy (non-hydrogen) atoms. The Labute approximate surface area is 119 Å². The van der Waals surface area contributed by atoms with Gasteiger partial charge in [0.05, 0.1) is 19.1 Å². The summed E-state index contributed by atoms with van der Waals surface area (Å²) in [6.45, 7) is 0.778. The van der Waals surface area contributed by atoms with Crippen LogP contribution in [0, 0.1) is 11.6 Å². The van der Waals surface area contributed by atoms with Crippen LogP contribution in [0.15, 0.2) is 40.7 Å². The molecule has 104 valence electrons. The molecule has 1 aromatic carbocycles. The molecule has 1 aliphatic heterocycles. The highest BCUT2D eigenvalue weighted by Crippen LogP contribution is 2.31. The number of halogens is 2. The van der Waals surface area contributed by atoms with E-state index < -0.39 is 17.7 Å². The molecular weight excluding hydrogens is 280 g/mol. The zero-order valence-corrected chi connectivity index (χ0v) is 11.4. The molecule has 0 bridgehead atoms. The summed E-state index contributed by atoms with van der Waals surface area (Å²) in [4.78, 5) is 6.95. The summed E-state index contributed by atoms with van der Waals surface area (Å²) in [5.41, 5.74) is 5.89. The van der Waals surface area contributed by atoms with Gasteiger partial charge in [-0.2, -0.15) is 0 Å². The number of thiophene rings is 1. The minimum Gasteiger partial charge on any atom is -0.370 e. The second-order valence-electron chi connectivity index (χ2n) is 4.56. The van der Waals surface area contributed by atoms with E-state index in [9.17, 15) is 8.78 Å². The Morgan fingerprint density at radius 2 is 2.00 bits per heavy atom. The van der Waals surface area contributed by atoms with Crippen LogP contribution in [0.1, 0.15) is 16.5 Å². The van der Waals surface area contributed by atoms with Gasteiger partial charge < -0.3 is 10.6 Å². The summed E-state index contributed by atoms with van der Waals surface area (Å²) in [5, 5.41) is 1.96. The van der Waals surface area contributed by atoms with Crippen LogP contribution in [-0.4, -0.2) is 17.4 Å². The number of hydrogen-bond donors (Lipinski definition) is 1. The van der Waals surface area contributed by atoms with Gasteiger partial charge in [0, 0.05) is 10.4 Å². The third-order valence-electron chi connectivity index (χ3n) is 3.34. The highest BCUT2D eigenvalue weighted by atomic mass is 32.1.